The van der Waals surface area contributed by atoms with Crippen molar-refractivity contribution in [2.24, 2.45) is 0 Å². The summed E-state index contributed by atoms with van der Waals surface area (Å²) in [5.74, 6) is 0. The minimum Gasteiger partial charge on any atom is -0.312 e. The Morgan fingerprint density at radius 1 is 1.10 bits per heavy atom. The first-order chi connectivity index (χ1) is 9.52. The SMILES string of the molecule is CCCNCc1ccc(-c2ccccc2C(F)(F)F)s1. The Kier molecular flexibility index (Phi) is 4.83. The van der Waals surface area contributed by atoms with Crippen molar-refractivity contribution < 1.29 is 13.2 Å². The van der Waals surface area contributed by atoms with Gasteiger partial charge in [-0.2, -0.15) is 13.2 Å². The van der Waals surface area contributed by atoms with Gasteiger partial charge in [-0.15, -0.1) is 11.3 Å². The van der Waals surface area contributed by atoms with E-state index >= 15 is 0 Å². The van der Waals surface area contributed by atoms with Crippen LogP contribution in [0.2, 0.25) is 0 Å². The van der Waals surface area contributed by atoms with Gasteiger partial charge in [-0.1, -0.05) is 25.1 Å². The molecule has 1 N–H and O–H groups in total. The number of nitrogens with one attached hydrogen (secondary N) is 1. The zero-order valence-corrected chi connectivity index (χ0v) is 11.9. The van der Waals surface area contributed by atoms with Gasteiger partial charge in [0.1, 0.15) is 0 Å². The predicted octanol–water partition coefficient (Wildman–Crippen LogP) is 4.93. The van der Waals surface area contributed by atoms with Crippen LogP contribution in [0.1, 0.15) is 23.8 Å². The second kappa shape index (κ2) is 6.41. The third-order valence-corrected chi connectivity index (χ3v) is 4.00. The number of rotatable bonds is 5. The van der Waals surface area contributed by atoms with Crippen LogP contribution in [0.25, 0.3) is 10.4 Å². The largest absolute Gasteiger partial charge is 0.417 e. The van der Waals surface area contributed by atoms with E-state index in [-0.39, 0.29) is 5.56 Å². The van der Waals surface area contributed by atoms with Crippen molar-refractivity contribution in [1.82, 2.24) is 5.32 Å². The summed E-state index contributed by atoms with van der Waals surface area (Å²) in [6, 6.07) is 9.36. The van der Waals surface area contributed by atoms with Crippen molar-refractivity contribution in [3.63, 3.8) is 0 Å². The minimum atomic E-state index is -4.32. The summed E-state index contributed by atoms with van der Waals surface area (Å²) in [6.07, 6.45) is -3.28. The molecule has 108 valence electrons. The molecule has 0 saturated heterocycles. The summed E-state index contributed by atoms with van der Waals surface area (Å²) >= 11 is 1.40. The summed E-state index contributed by atoms with van der Waals surface area (Å²) in [5, 5.41) is 3.25. The lowest BCUT2D eigenvalue weighted by Crippen LogP contribution is -2.12. The van der Waals surface area contributed by atoms with E-state index in [0.29, 0.717) is 11.4 Å². The molecule has 0 spiro atoms. The molecule has 0 amide bonds. The molecule has 0 aliphatic heterocycles. The number of thiophene rings is 1. The highest BCUT2D eigenvalue weighted by atomic mass is 32.1. The average Bonchev–Trinajstić information content (AvgIpc) is 2.87. The van der Waals surface area contributed by atoms with Crippen molar-refractivity contribution in [2.45, 2.75) is 26.1 Å². The Morgan fingerprint density at radius 2 is 1.85 bits per heavy atom. The Labute approximate surface area is 120 Å². The number of benzene rings is 1. The zero-order valence-electron chi connectivity index (χ0n) is 11.1. The van der Waals surface area contributed by atoms with Gasteiger partial charge in [0.05, 0.1) is 5.56 Å². The number of alkyl halides is 3. The molecule has 0 fully saturated rings. The Hall–Kier alpha value is -1.33. The lowest BCUT2D eigenvalue weighted by Gasteiger charge is -2.11. The highest BCUT2D eigenvalue weighted by Gasteiger charge is 2.33. The van der Waals surface area contributed by atoms with Crippen LogP contribution in [-0.4, -0.2) is 6.54 Å². The minimum absolute atomic E-state index is 0.256. The molecule has 1 aromatic carbocycles. The van der Waals surface area contributed by atoms with Gasteiger partial charge < -0.3 is 5.32 Å². The maximum absolute atomic E-state index is 13.0. The van der Waals surface area contributed by atoms with Crippen molar-refractivity contribution in [2.75, 3.05) is 6.54 Å². The van der Waals surface area contributed by atoms with Crippen molar-refractivity contribution in [3.05, 3.63) is 46.8 Å². The molecule has 5 heteroatoms. The fraction of sp³-hybridized carbons (Fsp3) is 0.333. The molecule has 0 radical (unpaired) electrons. The third kappa shape index (κ3) is 3.61. The Bertz CT molecular complexity index is 560. The molecule has 0 aliphatic carbocycles. The maximum atomic E-state index is 13.0. The van der Waals surface area contributed by atoms with E-state index in [1.807, 2.05) is 6.07 Å². The molecule has 0 atom stereocenters. The number of hydrogen-bond acceptors (Lipinski definition) is 2. The van der Waals surface area contributed by atoms with Crippen molar-refractivity contribution >= 4 is 11.3 Å². The first-order valence-electron chi connectivity index (χ1n) is 6.48. The molecule has 0 unspecified atom stereocenters. The number of halogens is 3. The molecule has 20 heavy (non-hydrogen) atoms. The zero-order chi connectivity index (χ0) is 14.6. The maximum Gasteiger partial charge on any atom is 0.417 e. The van der Waals surface area contributed by atoms with E-state index in [4.69, 9.17) is 0 Å². The van der Waals surface area contributed by atoms with E-state index in [0.717, 1.165) is 23.9 Å². The van der Waals surface area contributed by atoms with Gasteiger partial charge in [0.2, 0.25) is 0 Å². The quantitative estimate of drug-likeness (QED) is 0.772. The van der Waals surface area contributed by atoms with E-state index in [1.165, 1.54) is 23.5 Å². The summed E-state index contributed by atoms with van der Waals surface area (Å²) < 4.78 is 38.9. The lowest BCUT2D eigenvalue weighted by atomic mass is 10.1. The molecule has 1 heterocycles. The van der Waals surface area contributed by atoms with Crippen LogP contribution in [0.3, 0.4) is 0 Å². The molecule has 0 bridgehead atoms. The highest BCUT2D eigenvalue weighted by molar-refractivity contribution is 7.15. The standard InChI is InChI=1S/C15H16F3NS/c1-2-9-19-10-11-7-8-14(20-11)12-5-3-4-6-13(12)15(16,17)18/h3-8,19H,2,9-10H2,1H3. The summed E-state index contributed by atoms with van der Waals surface area (Å²) in [5.41, 5.74) is -0.318. The van der Waals surface area contributed by atoms with Crippen LogP contribution in [0, 0.1) is 0 Å². The van der Waals surface area contributed by atoms with Crippen LogP contribution in [0.15, 0.2) is 36.4 Å². The van der Waals surface area contributed by atoms with Gasteiger partial charge in [-0.25, -0.2) is 0 Å². The van der Waals surface area contributed by atoms with Gasteiger partial charge >= 0.3 is 6.18 Å². The summed E-state index contributed by atoms with van der Waals surface area (Å²) in [4.78, 5) is 1.71. The fourth-order valence-electron chi connectivity index (χ4n) is 1.95. The smallest absolute Gasteiger partial charge is 0.312 e. The number of hydrogen-bond donors (Lipinski definition) is 1. The normalized spacial score (nSPS) is 11.8. The Balaban J connectivity index is 2.24. The molecule has 0 saturated carbocycles. The highest BCUT2D eigenvalue weighted by Crippen LogP contribution is 2.39. The molecule has 1 aromatic heterocycles. The predicted molar refractivity (Wildman–Crippen MR) is 76.8 cm³/mol. The first-order valence-corrected chi connectivity index (χ1v) is 7.30. The molecule has 1 nitrogen and oxygen atoms in total. The first kappa shape index (κ1) is 15.1. The van der Waals surface area contributed by atoms with Crippen LogP contribution >= 0.6 is 11.3 Å². The van der Waals surface area contributed by atoms with Gasteiger partial charge in [-0.3, -0.25) is 0 Å². The lowest BCUT2D eigenvalue weighted by molar-refractivity contribution is -0.137. The van der Waals surface area contributed by atoms with Crippen molar-refractivity contribution in [1.29, 1.82) is 0 Å². The molecular weight excluding hydrogens is 283 g/mol. The van der Waals surface area contributed by atoms with Crippen LogP contribution < -0.4 is 5.32 Å². The molecule has 0 aliphatic rings. The fourth-order valence-corrected chi connectivity index (χ4v) is 2.97. The van der Waals surface area contributed by atoms with Gasteiger partial charge in [-0.05, 0) is 31.2 Å². The van der Waals surface area contributed by atoms with Crippen LogP contribution in [-0.2, 0) is 12.7 Å². The summed E-state index contributed by atoms with van der Waals surface area (Å²) in [6.45, 7) is 3.69. The second-order valence-electron chi connectivity index (χ2n) is 4.49. The van der Waals surface area contributed by atoms with Crippen molar-refractivity contribution in [3.8, 4) is 10.4 Å². The molecule has 2 aromatic rings. The van der Waals surface area contributed by atoms with E-state index < -0.39 is 11.7 Å². The van der Waals surface area contributed by atoms with Crippen LogP contribution in [0.5, 0.6) is 0 Å². The Morgan fingerprint density at radius 3 is 2.55 bits per heavy atom. The van der Waals surface area contributed by atoms with Gasteiger partial charge in [0.25, 0.3) is 0 Å². The summed E-state index contributed by atoms with van der Waals surface area (Å²) in [7, 11) is 0. The monoisotopic (exact) mass is 299 g/mol. The average molecular weight is 299 g/mol. The third-order valence-electron chi connectivity index (χ3n) is 2.89. The van der Waals surface area contributed by atoms with Gasteiger partial charge in [0, 0.05) is 21.9 Å². The topological polar surface area (TPSA) is 12.0 Å². The van der Waals surface area contributed by atoms with E-state index in [9.17, 15) is 13.2 Å². The van der Waals surface area contributed by atoms with Crippen LogP contribution in [0.4, 0.5) is 13.2 Å². The van der Waals surface area contributed by atoms with E-state index in [1.54, 1.807) is 12.1 Å². The second-order valence-corrected chi connectivity index (χ2v) is 5.65. The van der Waals surface area contributed by atoms with E-state index in [2.05, 4.69) is 12.2 Å². The molecular formula is C15H16F3NS. The molecule has 2 rings (SSSR count). The van der Waals surface area contributed by atoms with Gasteiger partial charge in [0.15, 0.2) is 0 Å².